The molecule has 21 heavy (non-hydrogen) atoms. The van der Waals surface area contributed by atoms with E-state index in [1.807, 2.05) is 24.4 Å². The lowest BCUT2D eigenvalue weighted by atomic mass is 9.92. The fourth-order valence-corrected chi connectivity index (χ4v) is 3.34. The van der Waals surface area contributed by atoms with Crippen molar-refractivity contribution in [3.63, 3.8) is 0 Å². The van der Waals surface area contributed by atoms with E-state index >= 15 is 0 Å². The predicted molar refractivity (Wildman–Crippen MR) is 79.7 cm³/mol. The summed E-state index contributed by atoms with van der Waals surface area (Å²) in [4.78, 5) is 12.8. The highest BCUT2D eigenvalue weighted by Crippen LogP contribution is 2.46. The Morgan fingerprint density at radius 3 is 2.90 bits per heavy atom. The van der Waals surface area contributed by atoms with Crippen LogP contribution in [-0.2, 0) is 19.9 Å². The fourth-order valence-electron chi connectivity index (χ4n) is 2.33. The Morgan fingerprint density at radius 2 is 2.24 bits per heavy atom. The first-order valence-electron chi connectivity index (χ1n) is 6.31. The highest BCUT2D eigenvalue weighted by atomic mass is 35.5. The van der Waals surface area contributed by atoms with Crippen LogP contribution in [0.15, 0.2) is 35.7 Å². The van der Waals surface area contributed by atoms with Crippen LogP contribution in [-0.4, -0.2) is 19.4 Å². The lowest BCUT2D eigenvalue weighted by Gasteiger charge is -2.38. The van der Waals surface area contributed by atoms with E-state index in [0.717, 1.165) is 10.4 Å². The van der Waals surface area contributed by atoms with Gasteiger partial charge in [0.25, 0.3) is 0 Å². The van der Waals surface area contributed by atoms with E-state index in [9.17, 15) is 4.79 Å². The molecule has 2 aromatic rings. The molecule has 4 nitrogen and oxygen atoms in total. The summed E-state index contributed by atoms with van der Waals surface area (Å²) in [6.07, 6.45) is -1.10. The third kappa shape index (κ3) is 2.41. The zero-order chi connectivity index (χ0) is 15.0. The molecule has 0 bridgehead atoms. The molecule has 0 spiro atoms. The minimum absolute atomic E-state index is 0.567. The second-order valence-corrected chi connectivity index (χ2v) is 6.13. The van der Waals surface area contributed by atoms with Crippen LogP contribution in [0, 0.1) is 0 Å². The largest absolute Gasteiger partial charge is 0.464 e. The molecule has 1 aliphatic rings. The van der Waals surface area contributed by atoms with Gasteiger partial charge in [0.05, 0.1) is 7.11 Å². The number of halogens is 1. The van der Waals surface area contributed by atoms with Gasteiger partial charge in [0.15, 0.2) is 0 Å². The minimum atomic E-state index is -1.10. The van der Waals surface area contributed by atoms with Crippen molar-refractivity contribution < 1.29 is 19.0 Å². The zero-order valence-electron chi connectivity index (χ0n) is 11.5. The summed E-state index contributed by atoms with van der Waals surface area (Å²) in [7, 11) is 1.30. The van der Waals surface area contributed by atoms with Gasteiger partial charge in [-0.15, -0.1) is 11.3 Å². The van der Waals surface area contributed by atoms with E-state index < -0.39 is 17.9 Å². The number of ether oxygens (including phenoxy) is 3. The lowest BCUT2D eigenvalue weighted by molar-refractivity contribution is -0.203. The van der Waals surface area contributed by atoms with Gasteiger partial charge in [-0.2, -0.15) is 0 Å². The van der Waals surface area contributed by atoms with Crippen LogP contribution in [0.5, 0.6) is 5.75 Å². The summed E-state index contributed by atoms with van der Waals surface area (Å²) >= 11 is 7.64. The second-order valence-electron chi connectivity index (χ2n) is 4.74. The predicted octanol–water partition coefficient (Wildman–Crippen LogP) is 3.57. The first-order chi connectivity index (χ1) is 10.0. The summed E-state index contributed by atoms with van der Waals surface area (Å²) in [5.74, 6) is -0.00432. The average molecular weight is 325 g/mol. The normalized spacial score (nSPS) is 24.0. The highest BCUT2D eigenvalue weighted by molar-refractivity contribution is 7.10. The SMILES string of the molecule is COC(=O)C1Oc2ccc(Cl)cc2C(C)(c2cccs2)O1. The maximum Gasteiger partial charge on any atom is 0.376 e. The molecular weight excluding hydrogens is 312 g/mol. The van der Waals surface area contributed by atoms with Crippen molar-refractivity contribution >= 4 is 28.9 Å². The molecule has 0 aliphatic carbocycles. The number of fused-ring (bicyclic) bond motifs is 1. The molecule has 1 aromatic heterocycles. The third-order valence-corrected chi connectivity index (χ3v) is 4.73. The first kappa shape index (κ1) is 14.4. The number of methoxy groups -OCH3 is 1. The number of carbonyl (C=O) groups is 1. The Morgan fingerprint density at radius 1 is 1.43 bits per heavy atom. The van der Waals surface area contributed by atoms with Crippen LogP contribution in [0.2, 0.25) is 5.02 Å². The van der Waals surface area contributed by atoms with Crippen molar-refractivity contribution in [2.45, 2.75) is 18.8 Å². The van der Waals surface area contributed by atoms with Crippen molar-refractivity contribution in [1.82, 2.24) is 0 Å². The van der Waals surface area contributed by atoms with Gasteiger partial charge in [-0.05, 0) is 36.6 Å². The quantitative estimate of drug-likeness (QED) is 0.792. The zero-order valence-corrected chi connectivity index (χ0v) is 13.0. The Kier molecular flexibility index (Phi) is 3.65. The molecule has 2 heterocycles. The number of thiophene rings is 1. The summed E-state index contributed by atoms with van der Waals surface area (Å²) in [5, 5.41) is 2.54. The summed E-state index contributed by atoms with van der Waals surface area (Å²) in [6.45, 7) is 1.90. The van der Waals surface area contributed by atoms with Crippen molar-refractivity contribution in [1.29, 1.82) is 0 Å². The van der Waals surface area contributed by atoms with Gasteiger partial charge < -0.3 is 14.2 Å². The highest BCUT2D eigenvalue weighted by Gasteiger charge is 2.44. The standard InChI is InChI=1S/C15H13ClO4S/c1-15(12-4-3-7-21-12)10-8-9(16)5-6-11(10)19-14(20-15)13(17)18-2/h3-8,14H,1-2H3. The maximum atomic E-state index is 11.8. The van der Waals surface area contributed by atoms with Gasteiger partial charge in [-0.1, -0.05) is 17.7 Å². The van der Waals surface area contributed by atoms with Crippen molar-refractivity contribution in [2.75, 3.05) is 7.11 Å². The van der Waals surface area contributed by atoms with Crippen LogP contribution < -0.4 is 4.74 Å². The van der Waals surface area contributed by atoms with Gasteiger partial charge >= 0.3 is 12.3 Å². The van der Waals surface area contributed by atoms with Gasteiger partial charge in [-0.3, -0.25) is 0 Å². The number of esters is 1. The first-order valence-corrected chi connectivity index (χ1v) is 7.56. The van der Waals surface area contributed by atoms with Crippen LogP contribution in [0.1, 0.15) is 17.4 Å². The Bertz CT molecular complexity index is 670. The van der Waals surface area contributed by atoms with Crippen molar-refractivity contribution in [2.24, 2.45) is 0 Å². The topological polar surface area (TPSA) is 44.8 Å². The van der Waals surface area contributed by atoms with E-state index in [0.29, 0.717) is 10.8 Å². The number of rotatable bonds is 2. The smallest absolute Gasteiger partial charge is 0.376 e. The monoisotopic (exact) mass is 324 g/mol. The Hall–Kier alpha value is -1.56. The summed E-state index contributed by atoms with van der Waals surface area (Å²) in [6, 6.07) is 9.14. The molecule has 3 rings (SSSR count). The lowest BCUT2D eigenvalue weighted by Crippen LogP contribution is -2.44. The van der Waals surface area contributed by atoms with Crippen molar-refractivity contribution in [3.8, 4) is 5.75 Å². The van der Waals surface area contributed by atoms with Gasteiger partial charge in [0, 0.05) is 15.5 Å². The molecule has 110 valence electrons. The van der Waals surface area contributed by atoms with E-state index in [-0.39, 0.29) is 0 Å². The molecule has 0 N–H and O–H groups in total. The molecule has 1 aliphatic heterocycles. The molecule has 0 amide bonds. The fraction of sp³-hybridized carbons (Fsp3) is 0.267. The molecular formula is C15H13ClO4S. The van der Waals surface area contributed by atoms with Gasteiger partial charge in [0.2, 0.25) is 0 Å². The van der Waals surface area contributed by atoms with Gasteiger partial charge in [-0.25, -0.2) is 4.79 Å². The molecule has 0 saturated heterocycles. The molecule has 0 saturated carbocycles. The molecule has 1 aromatic carbocycles. The van der Waals surface area contributed by atoms with Gasteiger partial charge in [0.1, 0.15) is 11.4 Å². The van der Waals surface area contributed by atoms with Crippen LogP contribution in [0.3, 0.4) is 0 Å². The number of hydrogen-bond donors (Lipinski definition) is 0. The Balaban J connectivity index is 2.14. The molecule has 0 fully saturated rings. The maximum absolute atomic E-state index is 11.8. The Labute approximate surface area is 131 Å². The minimum Gasteiger partial charge on any atom is -0.464 e. The average Bonchev–Trinajstić information content (AvgIpc) is 3.02. The number of hydrogen-bond acceptors (Lipinski definition) is 5. The third-order valence-electron chi connectivity index (χ3n) is 3.42. The summed E-state index contributed by atoms with van der Waals surface area (Å²) in [5.41, 5.74) is -0.0245. The number of carbonyl (C=O) groups excluding carboxylic acids is 1. The van der Waals surface area contributed by atoms with E-state index in [1.54, 1.807) is 29.5 Å². The van der Waals surface area contributed by atoms with Crippen LogP contribution in [0.25, 0.3) is 0 Å². The molecule has 2 unspecified atom stereocenters. The van der Waals surface area contributed by atoms with Crippen LogP contribution >= 0.6 is 22.9 Å². The summed E-state index contributed by atoms with van der Waals surface area (Å²) < 4.78 is 16.2. The van der Waals surface area contributed by atoms with E-state index in [1.165, 1.54) is 7.11 Å². The molecule has 0 radical (unpaired) electrons. The second kappa shape index (κ2) is 5.33. The molecule has 6 heteroatoms. The van der Waals surface area contributed by atoms with Crippen molar-refractivity contribution in [3.05, 3.63) is 51.2 Å². The number of benzene rings is 1. The molecule has 2 atom stereocenters. The van der Waals surface area contributed by atoms with Crippen LogP contribution in [0.4, 0.5) is 0 Å². The van der Waals surface area contributed by atoms with E-state index in [2.05, 4.69) is 0 Å². The van der Waals surface area contributed by atoms with E-state index in [4.69, 9.17) is 25.8 Å².